The fourth-order valence-corrected chi connectivity index (χ4v) is 0.749. The van der Waals surface area contributed by atoms with E-state index >= 15 is 0 Å². The van der Waals surface area contributed by atoms with Crippen molar-refractivity contribution in [3.8, 4) is 0 Å². The van der Waals surface area contributed by atoms with Gasteiger partial charge in [-0.3, -0.25) is 4.79 Å². The molecular weight excluding hydrogens is 199 g/mol. The molecule has 0 atom stereocenters. The number of carbonyl (C=O) groups excluding carboxylic acids is 2. The third-order valence-corrected chi connectivity index (χ3v) is 1.36. The minimum Gasteiger partial charge on any atom is -0.463 e. The lowest BCUT2D eigenvalue weighted by atomic mass is 10.2. The first-order chi connectivity index (χ1) is 7.10. The quantitative estimate of drug-likeness (QED) is 0.303. The van der Waals surface area contributed by atoms with Crippen LogP contribution in [-0.2, 0) is 14.3 Å². The molecule has 0 bridgehead atoms. The lowest BCUT2D eigenvalue weighted by Crippen LogP contribution is -1.99. The van der Waals surface area contributed by atoms with Gasteiger partial charge in [-0.25, -0.2) is 9.18 Å². The number of carbonyl (C=O) groups is 2. The van der Waals surface area contributed by atoms with Crippen LogP contribution in [-0.4, -0.2) is 18.9 Å². The molecular formula is C11H13FO3. The second-order valence-electron chi connectivity index (χ2n) is 2.67. The molecule has 15 heavy (non-hydrogen) atoms. The second-order valence-corrected chi connectivity index (χ2v) is 2.67. The zero-order valence-corrected chi connectivity index (χ0v) is 8.70. The standard InChI is InChI=1S/C11H13FO3/c1-3-15-11(14)7-9(2)5-4-6-10(12)8-13/h4-8H,3H2,1-2H3/b5-4+,9-7-,10-6-. The number of hydrogen-bond donors (Lipinski definition) is 0. The summed E-state index contributed by atoms with van der Waals surface area (Å²) < 4.78 is 17.0. The fourth-order valence-electron chi connectivity index (χ4n) is 0.749. The van der Waals surface area contributed by atoms with Crippen molar-refractivity contribution in [1.82, 2.24) is 0 Å². The average Bonchev–Trinajstić information content (AvgIpc) is 2.17. The Morgan fingerprint density at radius 1 is 1.47 bits per heavy atom. The van der Waals surface area contributed by atoms with E-state index in [0.717, 1.165) is 6.08 Å². The molecule has 0 unspecified atom stereocenters. The largest absolute Gasteiger partial charge is 0.463 e. The van der Waals surface area contributed by atoms with Gasteiger partial charge in [0, 0.05) is 6.08 Å². The van der Waals surface area contributed by atoms with Crippen molar-refractivity contribution in [2.24, 2.45) is 0 Å². The lowest BCUT2D eigenvalue weighted by molar-refractivity contribution is -0.137. The van der Waals surface area contributed by atoms with Gasteiger partial charge in [0.05, 0.1) is 6.61 Å². The monoisotopic (exact) mass is 212 g/mol. The molecule has 0 aromatic heterocycles. The summed E-state index contributed by atoms with van der Waals surface area (Å²) in [6, 6.07) is 0. The van der Waals surface area contributed by atoms with Gasteiger partial charge in [0.25, 0.3) is 0 Å². The van der Waals surface area contributed by atoms with Crippen LogP contribution in [0.15, 0.2) is 35.7 Å². The van der Waals surface area contributed by atoms with Crippen molar-refractivity contribution in [2.75, 3.05) is 6.61 Å². The third-order valence-electron chi connectivity index (χ3n) is 1.36. The smallest absolute Gasteiger partial charge is 0.330 e. The highest BCUT2D eigenvalue weighted by atomic mass is 19.1. The van der Waals surface area contributed by atoms with E-state index in [1.165, 1.54) is 18.2 Å². The summed E-state index contributed by atoms with van der Waals surface area (Å²) in [7, 11) is 0. The number of esters is 1. The molecule has 0 amide bonds. The zero-order valence-electron chi connectivity index (χ0n) is 8.70. The first-order valence-corrected chi connectivity index (χ1v) is 4.44. The Bertz CT molecular complexity index is 314. The van der Waals surface area contributed by atoms with E-state index in [1.54, 1.807) is 13.8 Å². The average molecular weight is 212 g/mol. The maximum absolute atomic E-state index is 12.3. The summed E-state index contributed by atoms with van der Waals surface area (Å²) in [4.78, 5) is 20.8. The van der Waals surface area contributed by atoms with Crippen molar-refractivity contribution in [3.05, 3.63) is 35.7 Å². The van der Waals surface area contributed by atoms with Crippen molar-refractivity contribution in [3.63, 3.8) is 0 Å². The maximum Gasteiger partial charge on any atom is 0.330 e. The summed E-state index contributed by atoms with van der Waals surface area (Å²) in [5, 5.41) is 0. The Morgan fingerprint density at radius 2 is 2.13 bits per heavy atom. The van der Waals surface area contributed by atoms with Gasteiger partial charge < -0.3 is 4.74 Å². The van der Waals surface area contributed by atoms with Crippen LogP contribution in [0.2, 0.25) is 0 Å². The normalized spacial score (nSPS) is 13.0. The van der Waals surface area contributed by atoms with Gasteiger partial charge in [0.1, 0.15) is 0 Å². The van der Waals surface area contributed by atoms with Crippen molar-refractivity contribution < 1.29 is 18.7 Å². The van der Waals surface area contributed by atoms with Crippen LogP contribution < -0.4 is 0 Å². The molecule has 0 aromatic carbocycles. The fraction of sp³-hybridized carbons (Fsp3) is 0.273. The van der Waals surface area contributed by atoms with Crippen LogP contribution in [0, 0.1) is 0 Å². The van der Waals surface area contributed by atoms with E-state index in [4.69, 9.17) is 0 Å². The van der Waals surface area contributed by atoms with Gasteiger partial charge in [-0.05, 0) is 25.5 Å². The molecule has 0 aliphatic rings. The minimum absolute atomic E-state index is 0.106. The molecule has 0 fully saturated rings. The first kappa shape index (κ1) is 13.3. The molecule has 0 rings (SSSR count). The predicted molar refractivity (Wildman–Crippen MR) is 54.8 cm³/mol. The summed E-state index contributed by atoms with van der Waals surface area (Å²) in [5.74, 6) is -1.31. The first-order valence-electron chi connectivity index (χ1n) is 4.44. The zero-order chi connectivity index (χ0) is 11.7. The molecule has 0 aliphatic carbocycles. The van der Waals surface area contributed by atoms with Crippen LogP contribution in [0.3, 0.4) is 0 Å². The molecule has 82 valence electrons. The molecule has 0 saturated heterocycles. The second kappa shape index (κ2) is 7.67. The number of aldehydes is 1. The lowest BCUT2D eigenvalue weighted by Gasteiger charge is -1.95. The Kier molecular flexibility index (Phi) is 6.80. The molecule has 4 heteroatoms. The maximum atomic E-state index is 12.3. The Morgan fingerprint density at radius 3 is 2.67 bits per heavy atom. The van der Waals surface area contributed by atoms with E-state index in [1.807, 2.05) is 0 Å². The van der Waals surface area contributed by atoms with Gasteiger partial charge in [0.2, 0.25) is 0 Å². The van der Waals surface area contributed by atoms with Gasteiger partial charge in [-0.15, -0.1) is 0 Å². The molecule has 3 nitrogen and oxygen atoms in total. The SMILES string of the molecule is CCOC(=O)\C=C(C)/C=C/C=C(\F)C=O. The minimum atomic E-state index is -0.866. The molecule has 0 radical (unpaired) electrons. The number of rotatable bonds is 5. The molecule has 0 spiro atoms. The molecule has 0 saturated carbocycles. The number of ether oxygens (including phenoxy) is 1. The van der Waals surface area contributed by atoms with Crippen LogP contribution in [0.1, 0.15) is 13.8 Å². The van der Waals surface area contributed by atoms with Gasteiger partial charge >= 0.3 is 5.97 Å². The van der Waals surface area contributed by atoms with Gasteiger partial charge in [0.15, 0.2) is 12.1 Å². The van der Waals surface area contributed by atoms with E-state index in [0.29, 0.717) is 12.2 Å². The third kappa shape index (κ3) is 7.37. The highest BCUT2D eigenvalue weighted by Crippen LogP contribution is 1.98. The van der Waals surface area contributed by atoms with Crippen molar-refractivity contribution in [2.45, 2.75) is 13.8 Å². The van der Waals surface area contributed by atoms with Crippen molar-refractivity contribution in [1.29, 1.82) is 0 Å². The van der Waals surface area contributed by atoms with Crippen LogP contribution in [0.4, 0.5) is 4.39 Å². The molecule has 0 aliphatic heterocycles. The van der Waals surface area contributed by atoms with E-state index in [2.05, 4.69) is 4.74 Å². The molecule has 0 aromatic rings. The van der Waals surface area contributed by atoms with Gasteiger partial charge in [-0.1, -0.05) is 12.2 Å². The van der Waals surface area contributed by atoms with Gasteiger partial charge in [-0.2, -0.15) is 0 Å². The summed E-state index contributed by atoms with van der Waals surface area (Å²) in [6.07, 6.45) is 5.24. The Hall–Kier alpha value is -1.71. The van der Waals surface area contributed by atoms with E-state index < -0.39 is 11.8 Å². The Labute approximate surface area is 87.9 Å². The predicted octanol–water partition coefficient (Wildman–Crippen LogP) is 2.10. The van der Waals surface area contributed by atoms with Crippen LogP contribution >= 0.6 is 0 Å². The number of allylic oxidation sites excluding steroid dienone is 5. The number of hydrogen-bond acceptors (Lipinski definition) is 3. The molecule has 0 N–H and O–H groups in total. The van der Waals surface area contributed by atoms with Crippen LogP contribution in [0.5, 0.6) is 0 Å². The highest BCUT2D eigenvalue weighted by Gasteiger charge is 1.94. The highest BCUT2D eigenvalue weighted by molar-refractivity contribution is 5.83. The van der Waals surface area contributed by atoms with Crippen molar-refractivity contribution >= 4 is 12.3 Å². The summed E-state index contributed by atoms with van der Waals surface area (Å²) in [6.45, 7) is 3.69. The van der Waals surface area contributed by atoms with E-state index in [9.17, 15) is 14.0 Å². The topological polar surface area (TPSA) is 43.4 Å². The number of halogens is 1. The summed E-state index contributed by atoms with van der Waals surface area (Å²) in [5.41, 5.74) is 0.614. The van der Waals surface area contributed by atoms with E-state index in [-0.39, 0.29) is 6.29 Å². The summed E-state index contributed by atoms with van der Waals surface area (Å²) >= 11 is 0. The molecule has 0 heterocycles. The van der Waals surface area contributed by atoms with Crippen LogP contribution in [0.25, 0.3) is 0 Å². The Balaban J connectivity index is 4.29.